The molecule has 0 atom stereocenters. The van der Waals surface area contributed by atoms with Gasteiger partial charge < -0.3 is 10.1 Å². The molecule has 0 saturated heterocycles. The van der Waals surface area contributed by atoms with E-state index in [0.717, 1.165) is 12.1 Å². The standard InChI is InChI=1S/C20H19FN4O4S/c1-12-18(25-30(27,28)19-5-4-16(29-3)10-17(19)21)8-15(11-23-12)14-6-7-22-20(9-14)24-13(2)26/h4-11,25H,1-3H3,(H,22,24,26). The largest absolute Gasteiger partial charge is 0.497 e. The van der Waals surface area contributed by atoms with Gasteiger partial charge in [0.25, 0.3) is 10.0 Å². The highest BCUT2D eigenvalue weighted by molar-refractivity contribution is 7.92. The number of aromatic nitrogens is 2. The van der Waals surface area contributed by atoms with Crippen LogP contribution in [0.4, 0.5) is 15.9 Å². The predicted molar refractivity (Wildman–Crippen MR) is 110 cm³/mol. The number of carbonyl (C=O) groups excluding carboxylic acids is 1. The fourth-order valence-corrected chi connectivity index (χ4v) is 3.85. The zero-order valence-electron chi connectivity index (χ0n) is 16.4. The van der Waals surface area contributed by atoms with Gasteiger partial charge in [0.2, 0.25) is 5.91 Å². The molecule has 0 spiro atoms. The number of halogens is 1. The van der Waals surface area contributed by atoms with E-state index in [-0.39, 0.29) is 17.3 Å². The number of hydrogen-bond donors (Lipinski definition) is 2. The number of nitrogens with zero attached hydrogens (tertiary/aromatic N) is 2. The van der Waals surface area contributed by atoms with Crippen molar-refractivity contribution >= 4 is 27.4 Å². The van der Waals surface area contributed by atoms with E-state index in [1.54, 1.807) is 31.3 Å². The maximum Gasteiger partial charge on any atom is 0.264 e. The summed E-state index contributed by atoms with van der Waals surface area (Å²) in [4.78, 5) is 19.0. The molecule has 0 bridgehead atoms. The van der Waals surface area contributed by atoms with Gasteiger partial charge in [-0.25, -0.2) is 17.8 Å². The van der Waals surface area contributed by atoms with Crippen molar-refractivity contribution in [1.82, 2.24) is 9.97 Å². The van der Waals surface area contributed by atoms with Crippen LogP contribution in [0.3, 0.4) is 0 Å². The molecule has 30 heavy (non-hydrogen) atoms. The molecule has 1 amide bonds. The van der Waals surface area contributed by atoms with Gasteiger partial charge in [-0.1, -0.05) is 0 Å². The van der Waals surface area contributed by atoms with Gasteiger partial charge in [-0.05, 0) is 42.8 Å². The molecule has 10 heteroatoms. The Morgan fingerprint density at radius 2 is 1.87 bits per heavy atom. The summed E-state index contributed by atoms with van der Waals surface area (Å²) in [6.45, 7) is 2.99. The Balaban J connectivity index is 1.95. The molecule has 3 rings (SSSR count). The summed E-state index contributed by atoms with van der Waals surface area (Å²) in [6.07, 6.45) is 3.07. The summed E-state index contributed by atoms with van der Waals surface area (Å²) in [6, 6.07) is 8.39. The molecule has 156 valence electrons. The number of anilines is 2. The van der Waals surface area contributed by atoms with Crippen LogP contribution in [-0.4, -0.2) is 31.4 Å². The number of methoxy groups -OCH3 is 1. The number of amides is 1. The van der Waals surface area contributed by atoms with Crippen molar-refractivity contribution in [2.45, 2.75) is 18.7 Å². The highest BCUT2D eigenvalue weighted by atomic mass is 32.2. The lowest BCUT2D eigenvalue weighted by atomic mass is 10.1. The van der Waals surface area contributed by atoms with Crippen LogP contribution < -0.4 is 14.8 Å². The number of benzene rings is 1. The van der Waals surface area contributed by atoms with E-state index in [0.29, 0.717) is 22.6 Å². The van der Waals surface area contributed by atoms with Crippen LogP contribution in [0.15, 0.2) is 53.7 Å². The molecule has 2 aromatic heterocycles. The molecule has 2 N–H and O–H groups in total. The lowest BCUT2D eigenvalue weighted by molar-refractivity contribution is -0.114. The molecule has 0 aliphatic rings. The van der Waals surface area contributed by atoms with Crippen molar-refractivity contribution in [2.75, 3.05) is 17.1 Å². The SMILES string of the molecule is COc1ccc(S(=O)(=O)Nc2cc(-c3ccnc(NC(C)=O)c3)cnc2C)c(F)c1. The molecule has 0 aliphatic heterocycles. The van der Waals surface area contributed by atoms with Gasteiger partial charge in [0.05, 0.1) is 18.5 Å². The fourth-order valence-electron chi connectivity index (χ4n) is 2.68. The molecule has 0 saturated carbocycles. The van der Waals surface area contributed by atoms with Crippen LogP contribution in [0.25, 0.3) is 11.1 Å². The van der Waals surface area contributed by atoms with Crippen LogP contribution in [-0.2, 0) is 14.8 Å². The average molecular weight is 430 g/mol. The lowest BCUT2D eigenvalue weighted by Crippen LogP contribution is -2.16. The molecule has 0 unspecified atom stereocenters. The van der Waals surface area contributed by atoms with E-state index in [1.165, 1.54) is 26.3 Å². The van der Waals surface area contributed by atoms with Gasteiger partial charge >= 0.3 is 0 Å². The van der Waals surface area contributed by atoms with E-state index in [4.69, 9.17) is 4.74 Å². The number of rotatable bonds is 6. The van der Waals surface area contributed by atoms with E-state index in [1.807, 2.05) is 0 Å². The van der Waals surface area contributed by atoms with Crippen molar-refractivity contribution in [3.63, 3.8) is 0 Å². The summed E-state index contributed by atoms with van der Waals surface area (Å²) in [7, 11) is -2.85. The second kappa shape index (κ2) is 8.46. The lowest BCUT2D eigenvalue weighted by Gasteiger charge is -2.13. The van der Waals surface area contributed by atoms with E-state index < -0.39 is 20.7 Å². The zero-order chi connectivity index (χ0) is 21.9. The number of pyridine rings is 2. The Labute approximate surface area is 173 Å². The van der Waals surface area contributed by atoms with Gasteiger partial charge in [-0.15, -0.1) is 0 Å². The van der Waals surface area contributed by atoms with Gasteiger partial charge in [0, 0.05) is 30.9 Å². The number of ether oxygens (including phenoxy) is 1. The Hall–Kier alpha value is -3.53. The normalized spacial score (nSPS) is 11.1. The molecular weight excluding hydrogens is 411 g/mol. The number of hydrogen-bond acceptors (Lipinski definition) is 6. The first kappa shape index (κ1) is 21.2. The Morgan fingerprint density at radius 1 is 1.10 bits per heavy atom. The van der Waals surface area contributed by atoms with Crippen LogP contribution in [0, 0.1) is 12.7 Å². The van der Waals surface area contributed by atoms with Crippen LogP contribution in [0.1, 0.15) is 12.6 Å². The van der Waals surface area contributed by atoms with Crippen LogP contribution >= 0.6 is 0 Å². The van der Waals surface area contributed by atoms with Crippen LogP contribution in [0.5, 0.6) is 5.75 Å². The Kier molecular flexibility index (Phi) is 5.97. The Bertz CT molecular complexity index is 1220. The van der Waals surface area contributed by atoms with E-state index >= 15 is 0 Å². The first-order valence-corrected chi connectivity index (χ1v) is 10.2. The molecule has 0 radical (unpaired) electrons. The maximum absolute atomic E-state index is 14.3. The third kappa shape index (κ3) is 4.71. The number of nitrogens with one attached hydrogen (secondary N) is 2. The first-order valence-electron chi connectivity index (χ1n) is 8.76. The molecule has 2 heterocycles. The predicted octanol–water partition coefficient (Wildman–Crippen LogP) is 3.36. The van der Waals surface area contributed by atoms with E-state index in [9.17, 15) is 17.6 Å². The summed E-state index contributed by atoms with van der Waals surface area (Å²) in [5, 5.41) is 2.58. The summed E-state index contributed by atoms with van der Waals surface area (Å²) < 4.78 is 47.0. The number of carbonyl (C=O) groups is 1. The molecule has 0 aliphatic carbocycles. The van der Waals surface area contributed by atoms with Gasteiger partial charge in [-0.3, -0.25) is 14.5 Å². The maximum atomic E-state index is 14.3. The minimum Gasteiger partial charge on any atom is -0.497 e. The van der Waals surface area contributed by atoms with Crippen molar-refractivity contribution in [2.24, 2.45) is 0 Å². The minimum atomic E-state index is -4.20. The summed E-state index contributed by atoms with van der Waals surface area (Å²) in [5.74, 6) is -0.642. The Morgan fingerprint density at radius 3 is 2.53 bits per heavy atom. The van der Waals surface area contributed by atoms with Crippen LogP contribution in [0.2, 0.25) is 0 Å². The third-order valence-corrected chi connectivity index (χ3v) is 5.56. The zero-order valence-corrected chi connectivity index (χ0v) is 17.2. The molecule has 1 aromatic carbocycles. The number of sulfonamides is 1. The monoisotopic (exact) mass is 430 g/mol. The third-order valence-electron chi connectivity index (χ3n) is 4.16. The quantitative estimate of drug-likeness (QED) is 0.621. The molecule has 8 nitrogen and oxygen atoms in total. The van der Waals surface area contributed by atoms with Crippen molar-refractivity contribution < 1.29 is 22.3 Å². The topological polar surface area (TPSA) is 110 Å². The first-order chi connectivity index (χ1) is 14.2. The minimum absolute atomic E-state index is 0.195. The second-order valence-electron chi connectivity index (χ2n) is 6.37. The highest BCUT2D eigenvalue weighted by Crippen LogP contribution is 2.28. The van der Waals surface area contributed by atoms with Gasteiger partial charge in [-0.2, -0.15) is 0 Å². The van der Waals surface area contributed by atoms with Gasteiger partial charge in [0.1, 0.15) is 22.3 Å². The van der Waals surface area contributed by atoms with Crippen molar-refractivity contribution in [3.8, 4) is 16.9 Å². The average Bonchev–Trinajstić information content (AvgIpc) is 2.69. The number of aryl methyl sites for hydroxylation is 1. The highest BCUT2D eigenvalue weighted by Gasteiger charge is 2.21. The smallest absolute Gasteiger partial charge is 0.264 e. The second-order valence-corrected chi connectivity index (χ2v) is 8.02. The molecule has 0 fully saturated rings. The van der Waals surface area contributed by atoms with Gasteiger partial charge in [0.15, 0.2) is 0 Å². The van der Waals surface area contributed by atoms with Crippen molar-refractivity contribution in [3.05, 3.63) is 60.3 Å². The van der Waals surface area contributed by atoms with Crippen molar-refractivity contribution in [1.29, 1.82) is 0 Å². The molecular formula is C20H19FN4O4S. The van der Waals surface area contributed by atoms with E-state index in [2.05, 4.69) is 20.0 Å². The fraction of sp³-hybridized carbons (Fsp3) is 0.150. The molecule has 3 aromatic rings. The summed E-state index contributed by atoms with van der Waals surface area (Å²) in [5.41, 5.74) is 1.85. The summed E-state index contributed by atoms with van der Waals surface area (Å²) >= 11 is 0.